The third kappa shape index (κ3) is 2.73. The van der Waals surface area contributed by atoms with Crippen LogP contribution in [-0.4, -0.2) is 20.6 Å². The average molecular weight is 351 g/mol. The second-order valence-corrected chi connectivity index (χ2v) is 6.41. The normalized spacial score (nSPS) is 13.8. The molecule has 0 fully saturated rings. The molecule has 2 N–H and O–H groups in total. The zero-order chi connectivity index (χ0) is 18.3. The summed E-state index contributed by atoms with van der Waals surface area (Å²) in [5, 5.41) is 12.9. The molecular weight excluding hydrogens is 333 g/mol. The van der Waals surface area contributed by atoms with Crippen molar-refractivity contribution < 1.29 is 14.3 Å². The van der Waals surface area contributed by atoms with Crippen molar-refractivity contribution >= 4 is 28.2 Å². The minimum atomic E-state index is -0.495. The van der Waals surface area contributed by atoms with Crippen LogP contribution < -0.4 is 5.32 Å². The smallest absolute Gasteiger partial charge is 0.229 e. The van der Waals surface area contributed by atoms with Crippen LogP contribution in [0.2, 0.25) is 0 Å². The highest BCUT2D eigenvalue weighted by Crippen LogP contribution is 2.32. The van der Waals surface area contributed by atoms with E-state index in [0.29, 0.717) is 24.4 Å². The SMILES string of the molecule is Cc1cccc2c1nc1n2CCC(O)=C1CC(=O)Nc1ccccc1F. The van der Waals surface area contributed by atoms with Gasteiger partial charge in [0.15, 0.2) is 0 Å². The third-order valence-corrected chi connectivity index (χ3v) is 4.66. The number of hydrogen-bond donors (Lipinski definition) is 2. The van der Waals surface area contributed by atoms with E-state index >= 15 is 0 Å². The molecule has 0 spiro atoms. The van der Waals surface area contributed by atoms with E-state index in [0.717, 1.165) is 16.6 Å². The molecule has 1 amide bonds. The second kappa shape index (κ2) is 6.29. The third-order valence-electron chi connectivity index (χ3n) is 4.66. The summed E-state index contributed by atoms with van der Waals surface area (Å²) in [5.41, 5.74) is 3.50. The van der Waals surface area contributed by atoms with Crippen LogP contribution in [0.3, 0.4) is 0 Å². The number of aliphatic hydroxyl groups is 1. The first-order valence-electron chi connectivity index (χ1n) is 8.46. The van der Waals surface area contributed by atoms with Crippen molar-refractivity contribution in [1.82, 2.24) is 9.55 Å². The van der Waals surface area contributed by atoms with Gasteiger partial charge in [-0.1, -0.05) is 24.3 Å². The van der Waals surface area contributed by atoms with Crippen molar-refractivity contribution in [3.63, 3.8) is 0 Å². The molecule has 26 heavy (non-hydrogen) atoms. The predicted molar refractivity (Wildman–Crippen MR) is 98.3 cm³/mol. The molecule has 3 aromatic rings. The number of allylic oxidation sites excluding steroid dienone is 1. The number of rotatable bonds is 3. The Labute approximate surface area is 149 Å². The molecule has 0 aliphatic carbocycles. The summed E-state index contributed by atoms with van der Waals surface area (Å²) in [7, 11) is 0. The van der Waals surface area contributed by atoms with Crippen LogP contribution in [0.1, 0.15) is 24.2 Å². The molecule has 1 aliphatic rings. The van der Waals surface area contributed by atoms with Gasteiger partial charge in [0.25, 0.3) is 0 Å². The van der Waals surface area contributed by atoms with Crippen LogP contribution >= 0.6 is 0 Å². The molecule has 2 heterocycles. The molecule has 0 atom stereocenters. The number of anilines is 1. The number of nitrogens with one attached hydrogen (secondary N) is 1. The first-order valence-corrected chi connectivity index (χ1v) is 8.46. The number of para-hydroxylation sites is 2. The van der Waals surface area contributed by atoms with Gasteiger partial charge in [-0.25, -0.2) is 9.37 Å². The molecule has 0 saturated carbocycles. The van der Waals surface area contributed by atoms with E-state index in [1.165, 1.54) is 12.1 Å². The van der Waals surface area contributed by atoms with E-state index in [4.69, 9.17) is 0 Å². The second-order valence-electron chi connectivity index (χ2n) is 6.41. The van der Waals surface area contributed by atoms with Crippen molar-refractivity contribution in [2.75, 3.05) is 5.32 Å². The van der Waals surface area contributed by atoms with Crippen molar-refractivity contribution in [2.24, 2.45) is 0 Å². The Morgan fingerprint density at radius 3 is 2.88 bits per heavy atom. The van der Waals surface area contributed by atoms with Crippen molar-refractivity contribution in [1.29, 1.82) is 0 Å². The monoisotopic (exact) mass is 351 g/mol. The lowest BCUT2D eigenvalue weighted by molar-refractivity contribution is -0.115. The molecule has 1 aromatic heterocycles. The van der Waals surface area contributed by atoms with Crippen molar-refractivity contribution in [3.05, 3.63) is 65.4 Å². The minimum Gasteiger partial charge on any atom is -0.512 e. The molecule has 0 saturated heterocycles. The summed E-state index contributed by atoms with van der Waals surface area (Å²) < 4.78 is 15.8. The number of halogens is 1. The summed E-state index contributed by atoms with van der Waals surface area (Å²) in [6, 6.07) is 11.9. The lowest BCUT2D eigenvalue weighted by Crippen LogP contribution is -2.18. The van der Waals surface area contributed by atoms with Crippen LogP contribution in [0.15, 0.2) is 48.2 Å². The number of carbonyl (C=O) groups is 1. The topological polar surface area (TPSA) is 67.1 Å². The number of imidazole rings is 1. The lowest BCUT2D eigenvalue weighted by Gasteiger charge is -2.19. The molecule has 1 aliphatic heterocycles. The molecule has 4 rings (SSSR count). The van der Waals surface area contributed by atoms with Crippen molar-refractivity contribution in [3.8, 4) is 0 Å². The van der Waals surface area contributed by atoms with E-state index < -0.39 is 11.7 Å². The number of amides is 1. The summed E-state index contributed by atoms with van der Waals surface area (Å²) in [6.45, 7) is 2.59. The maximum Gasteiger partial charge on any atom is 0.229 e. The molecule has 0 bridgehead atoms. The largest absolute Gasteiger partial charge is 0.512 e. The van der Waals surface area contributed by atoms with E-state index in [9.17, 15) is 14.3 Å². The predicted octanol–water partition coefficient (Wildman–Crippen LogP) is 4.19. The zero-order valence-corrected chi connectivity index (χ0v) is 14.3. The molecule has 2 aromatic carbocycles. The quantitative estimate of drug-likeness (QED) is 0.744. The Kier molecular flexibility index (Phi) is 3.95. The highest BCUT2D eigenvalue weighted by Gasteiger charge is 2.25. The number of aromatic nitrogens is 2. The maximum atomic E-state index is 13.7. The van der Waals surface area contributed by atoms with Gasteiger partial charge in [-0.2, -0.15) is 0 Å². The lowest BCUT2D eigenvalue weighted by atomic mass is 10.0. The van der Waals surface area contributed by atoms with Crippen LogP contribution in [0.25, 0.3) is 16.6 Å². The number of benzene rings is 2. The first kappa shape index (κ1) is 16.3. The highest BCUT2D eigenvalue weighted by atomic mass is 19.1. The van der Waals surface area contributed by atoms with Gasteiger partial charge in [-0.05, 0) is 30.7 Å². The Morgan fingerprint density at radius 2 is 2.08 bits per heavy atom. The fourth-order valence-corrected chi connectivity index (χ4v) is 3.34. The molecule has 0 unspecified atom stereocenters. The summed E-state index contributed by atoms with van der Waals surface area (Å²) in [6.07, 6.45) is 0.372. The molecule has 132 valence electrons. The van der Waals surface area contributed by atoms with E-state index in [-0.39, 0.29) is 17.9 Å². The Balaban J connectivity index is 1.67. The zero-order valence-electron chi connectivity index (χ0n) is 14.3. The summed E-state index contributed by atoms with van der Waals surface area (Å²) >= 11 is 0. The van der Waals surface area contributed by atoms with Crippen LogP contribution in [0.4, 0.5) is 10.1 Å². The number of aliphatic hydroxyl groups excluding tert-OH is 1. The Bertz CT molecular complexity index is 1050. The van der Waals surface area contributed by atoms with Gasteiger partial charge >= 0.3 is 0 Å². The van der Waals surface area contributed by atoms with E-state index in [2.05, 4.69) is 10.3 Å². The Hall–Kier alpha value is -3.15. The fraction of sp³-hybridized carbons (Fsp3) is 0.200. The standard InChI is InChI=1S/C20H18FN3O2/c1-12-5-4-8-16-19(12)23-20-13(17(25)9-10-24(16)20)11-18(26)22-15-7-3-2-6-14(15)21/h2-8,25H,9-11H2,1H3,(H,22,26). The number of nitrogens with zero attached hydrogens (tertiary/aromatic N) is 2. The van der Waals surface area contributed by atoms with Gasteiger partial charge in [-0.15, -0.1) is 0 Å². The van der Waals surface area contributed by atoms with Gasteiger partial charge in [0.1, 0.15) is 17.4 Å². The number of aryl methyl sites for hydroxylation is 2. The summed E-state index contributed by atoms with van der Waals surface area (Å²) in [4.78, 5) is 17.1. The number of fused-ring (bicyclic) bond motifs is 3. The fourth-order valence-electron chi connectivity index (χ4n) is 3.34. The van der Waals surface area contributed by atoms with E-state index in [1.807, 2.05) is 29.7 Å². The average Bonchev–Trinajstić information content (AvgIpc) is 3.00. The summed E-state index contributed by atoms with van der Waals surface area (Å²) in [5.74, 6) is -0.129. The van der Waals surface area contributed by atoms with Crippen LogP contribution in [-0.2, 0) is 11.3 Å². The number of carbonyl (C=O) groups excluding carboxylic acids is 1. The highest BCUT2D eigenvalue weighted by molar-refractivity contribution is 5.98. The van der Waals surface area contributed by atoms with Crippen molar-refractivity contribution in [2.45, 2.75) is 26.3 Å². The van der Waals surface area contributed by atoms with Crippen LogP contribution in [0.5, 0.6) is 0 Å². The molecular formula is C20H18FN3O2. The van der Waals surface area contributed by atoms with Crippen LogP contribution in [0, 0.1) is 12.7 Å². The molecule has 6 heteroatoms. The van der Waals surface area contributed by atoms with Gasteiger partial charge < -0.3 is 15.0 Å². The number of hydrogen-bond acceptors (Lipinski definition) is 3. The minimum absolute atomic E-state index is 0.0669. The van der Waals surface area contributed by atoms with Gasteiger partial charge in [0.2, 0.25) is 5.91 Å². The Morgan fingerprint density at radius 1 is 1.27 bits per heavy atom. The molecule has 0 radical (unpaired) electrons. The van der Waals surface area contributed by atoms with E-state index in [1.54, 1.807) is 12.1 Å². The first-order chi connectivity index (χ1) is 12.5. The molecule has 5 nitrogen and oxygen atoms in total. The van der Waals surface area contributed by atoms with Gasteiger partial charge in [0.05, 0.1) is 23.1 Å². The van der Waals surface area contributed by atoms with Gasteiger partial charge in [-0.3, -0.25) is 4.79 Å². The van der Waals surface area contributed by atoms with Gasteiger partial charge in [0, 0.05) is 18.5 Å². The maximum absolute atomic E-state index is 13.7.